The lowest BCUT2D eigenvalue weighted by molar-refractivity contribution is -0.127. The number of nitrogens with zero attached hydrogens (tertiary/aromatic N) is 7. The van der Waals surface area contributed by atoms with Crippen molar-refractivity contribution in [3.05, 3.63) is 12.4 Å². The maximum absolute atomic E-state index is 12.3. The zero-order valence-corrected chi connectivity index (χ0v) is 14.1. The summed E-state index contributed by atoms with van der Waals surface area (Å²) >= 11 is 1.31. The number of rotatable bonds is 6. The molecular weight excluding hydrogens is 334 g/mol. The second-order valence-electron chi connectivity index (χ2n) is 5.11. The van der Waals surface area contributed by atoms with Crippen LogP contribution in [0.1, 0.15) is 6.42 Å². The average molecular weight is 351 g/mol. The van der Waals surface area contributed by atoms with Crippen LogP contribution in [0.15, 0.2) is 17.6 Å². The normalized spacial score (nSPS) is 17.1. The van der Waals surface area contributed by atoms with Gasteiger partial charge in [0, 0.05) is 32.4 Å². The maximum Gasteiger partial charge on any atom is 0.278 e. The van der Waals surface area contributed by atoms with E-state index in [0.717, 1.165) is 6.42 Å². The highest BCUT2D eigenvalue weighted by Crippen LogP contribution is 2.24. The van der Waals surface area contributed by atoms with E-state index in [9.17, 15) is 4.79 Å². The van der Waals surface area contributed by atoms with E-state index in [1.54, 1.807) is 18.1 Å². The number of hydrogen-bond donors (Lipinski definition) is 0. The van der Waals surface area contributed by atoms with Crippen LogP contribution in [0, 0.1) is 0 Å². The topological polar surface area (TPSA) is 108 Å². The van der Waals surface area contributed by atoms with Crippen molar-refractivity contribution in [2.45, 2.75) is 17.7 Å². The number of ether oxygens (including phenoxy) is 2. The van der Waals surface area contributed by atoms with Crippen LogP contribution in [0.2, 0.25) is 0 Å². The Morgan fingerprint density at radius 1 is 1.38 bits per heavy atom. The van der Waals surface area contributed by atoms with Gasteiger partial charge in [-0.2, -0.15) is 0 Å². The van der Waals surface area contributed by atoms with Crippen LogP contribution in [0.3, 0.4) is 0 Å². The van der Waals surface area contributed by atoms with Crippen LogP contribution >= 0.6 is 11.8 Å². The fourth-order valence-corrected chi connectivity index (χ4v) is 3.06. The quantitative estimate of drug-likeness (QED) is 0.653. The fourth-order valence-electron chi connectivity index (χ4n) is 2.30. The Hall–Kier alpha value is -2.43. The van der Waals surface area contributed by atoms with E-state index in [1.165, 1.54) is 29.8 Å². The monoisotopic (exact) mass is 351 g/mol. The molecule has 0 spiro atoms. The Morgan fingerprint density at radius 3 is 2.88 bits per heavy atom. The lowest BCUT2D eigenvalue weighted by Gasteiger charge is -2.17. The van der Waals surface area contributed by atoms with E-state index >= 15 is 0 Å². The first kappa shape index (κ1) is 16.4. The molecule has 3 rings (SSSR count). The molecule has 128 valence electrons. The number of likely N-dealkylation sites (tertiary alicyclic amines) is 1. The Morgan fingerprint density at radius 2 is 2.17 bits per heavy atom. The van der Waals surface area contributed by atoms with Crippen molar-refractivity contribution in [1.82, 2.24) is 35.1 Å². The minimum Gasteiger partial charge on any atom is -0.477 e. The van der Waals surface area contributed by atoms with Gasteiger partial charge in [-0.3, -0.25) is 4.79 Å². The minimum atomic E-state index is -0.124. The summed E-state index contributed by atoms with van der Waals surface area (Å²) in [5.41, 5.74) is 0. The van der Waals surface area contributed by atoms with Crippen molar-refractivity contribution in [2.75, 3.05) is 26.0 Å². The van der Waals surface area contributed by atoms with Gasteiger partial charge in [-0.15, -0.1) is 5.10 Å². The Kier molecular flexibility index (Phi) is 5.08. The van der Waals surface area contributed by atoms with Crippen LogP contribution in [0.5, 0.6) is 11.8 Å². The third-order valence-corrected chi connectivity index (χ3v) is 4.50. The first-order valence-electron chi connectivity index (χ1n) is 7.32. The fraction of sp³-hybridized carbons (Fsp3) is 0.538. The molecular formula is C13H17N7O3S. The number of aryl methyl sites for hydroxylation is 1. The summed E-state index contributed by atoms with van der Waals surface area (Å²) in [6.45, 7) is 1.15. The van der Waals surface area contributed by atoms with E-state index in [2.05, 4.69) is 25.5 Å². The summed E-state index contributed by atoms with van der Waals surface area (Å²) < 4.78 is 12.5. The van der Waals surface area contributed by atoms with Crippen LogP contribution in [0.4, 0.5) is 0 Å². The molecule has 0 N–H and O–H groups in total. The molecule has 1 unspecified atom stereocenters. The smallest absolute Gasteiger partial charge is 0.278 e. The molecule has 1 saturated heterocycles. The zero-order valence-electron chi connectivity index (χ0n) is 13.3. The van der Waals surface area contributed by atoms with Gasteiger partial charge in [-0.1, -0.05) is 11.8 Å². The van der Waals surface area contributed by atoms with Crippen molar-refractivity contribution >= 4 is 17.7 Å². The highest BCUT2D eigenvalue weighted by Gasteiger charge is 2.29. The van der Waals surface area contributed by atoms with Gasteiger partial charge in [0.15, 0.2) is 0 Å². The molecule has 3 heterocycles. The Labute approximate surface area is 142 Å². The van der Waals surface area contributed by atoms with Crippen molar-refractivity contribution in [2.24, 2.45) is 7.05 Å². The molecule has 0 aromatic carbocycles. The summed E-state index contributed by atoms with van der Waals surface area (Å²) in [6.07, 6.45) is 3.69. The first-order chi connectivity index (χ1) is 11.7. The summed E-state index contributed by atoms with van der Waals surface area (Å²) in [5.74, 6) is 1.00. The van der Waals surface area contributed by atoms with Gasteiger partial charge in [0.2, 0.25) is 11.1 Å². The number of hydrogen-bond acceptors (Lipinski definition) is 9. The van der Waals surface area contributed by atoms with Gasteiger partial charge in [-0.05, 0) is 10.4 Å². The van der Waals surface area contributed by atoms with E-state index in [0.29, 0.717) is 30.0 Å². The lowest BCUT2D eigenvalue weighted by atomic mass is 10.3. The Bertz CT molecular complexity index is 710. The molecule has 1 aliphatic rings. The van der Waals surface area contributed by atoms with Crippen LogP contribution < -0.4 is 9.47 Å². The molecule has 1 amide bonds. The molecule has 1 aliphatic heterocycles. The predicted octanol–water partition coefficient (Wildman–Crippen LogP) is -0.219. The largest absolute Gasteiger partial charge is 0.477 e. The number of carbonyl (C=O) groups excluding carboxylic acids is 1. The number of aromatic nitrogens is 6. The molecule has 1 fully saturated rings. The maximum atomic E-state index is 12.3. The summed E-state index contributed by atoms with van der Waals surface area (Å²) in [6, 6.07) is 0. The highest BCUT2D eigenvalue weighted by molar-refractivity contribution is 7.99. The average Bonchev–Trinajstić information content (AvgIpc) is 3.22. The van der Waals surface area contributed by atoms with Gasteiger partial charge >= 0.3 is 0 Å². The minimum absolute atomic E-state index is 0.0280. The lowest BCUT2D eigenvalue weighted by Crippen LogP contribution is -2.32. The number of carbonyl (C=O) groups is 1. The summed E-state index contributed by atoms with van der Waals surface area (Å²) in [4.78, 5) is 22.2. The van der Waals surface area contributed by atoms with Crippen LogP contribution in [0.25, 0.3) is 0 Å². The third kappa shape index (κ3) is 3.72. The second-order valence-corrected chi connectivity index (χ2v) is 6.06. The van der Waals surface area contributed by atoms with Gasteiger partial charge in [0.25, 0.3) is 11.8 Å². The summed E-state index contributed by atoms with van der Waals surface area (Å²) in [7, 11) is 3.25. The van der Waals surface area contributed by atoms with Gasteiger partial charge in [0.1, 0.15) is 6.10 Å². The molecule has 0 saturated carbocycles. The molecule has 24 heavy (non-hydrogen) atoms. The molecule has 1 atom stereocenters. The molecule has 0 bridgehead atoms. The first-order valence-corrected chi connectivity index (χ1v) is 8.30. The summed E-state index contributed by atoms with van der Waals surface area (Å²) in [5, 5.41) is 11.7. The molecule has 0 aliphatic carbocycles. The molecule has 2 aromatic heterocycles. The van der Waals surface area contributed by atoms with E-state index in [-0.39, 0.29) is 17.8 Å². The van der Waals surface area contributed by atoms with E-state index < -0.39 is 0 Å². The number of thioether (sulfide) groups is 1. The van der Waals surface area contributed by atoms with Crippen molar-refractivity contribution < 1.29 is 14.3 Å². The second kappa shape index (κ2) is 7.43. The number of methoxy groups -OCH3 is 1. The van der Waals surface area contributed by atoms with Gasteiger partial charge in [0.05, 0.1) is 19.4 Å². The van der Waals surface area contributed by atoms with Crippen molar-refractivity contribution in [3.8, 4) is 11.8 Å². The van der Waals surface area contributed by atoms with Crippen LogP contribution in [-0.4, -0.2) is 73.0 Å². The van der Waals surface area contributed by atoms with E-state index in [4.69, 9.17) is 9.47 Å². The zero-order chi connectivity index (χ0) is 16.9. The highest BCUT2D eigenvalue weighted by atomic mass is 32.2. The SMILES string of the molecule is COc1nccnc1OC1CCN(C(=O)CSc2nnnn2C)C1. The van der Waals surface area contributed by atoms with Crippen molar-refractivity contribution in [1.29, 1.82) is 0 Å². The molecule has 10 nitrogen and oxygen atoms in total. The van der Waals surface area contributed by atoms with E-state index in [1.807, 2.05) is 0 Å². The third-order valence-electron chi connectivity index (χ3n) is 3.51. The predicted molar refractivity (Wildman–Crippen MR) is 83.7 cm³/mol. The molecule has 2 aromatic rings. The number of amides is 1. The molecule has 11 heteroatoms. The Balaban J connectivity index is 1.51. The molecule has 0 radical (unpaired) electrons. The van der Waals surface area contributed by atoms with Gasteiger partial charge < -0.3 is 14.4 Å². The van der Waals surface area contributed by atoms with Gasteiger partial charge in [-0.25, -0.2) is 14.6 Å². The standard InChI is InChI=1S/C13H17N7O3S/c1-19-13(16-17-18-19)24-8-10(21)20-6-3-9(7-20)23-12-11(22-2)14-4-5-15-12/h4-5,9H,3,6-8H2,1-2H3. The number of tetrazole rings is 1. The van der Waals surface area contributed by atoms with Crippen molar-refractivity contribution in [3.63, 3.8) is 0 Å². The van der Waals surface area contributed by atoms with Crippen LogP contribution in [-0.2, 0) is 11.8 Å².